The second-order valence-corrected chi connectivity index (χ2v) is 3.46. The molecule has 1 heterocycles. The van der Waals surface area contributed by atoms with Gasteiger partial charge in [0.15, 0.2) is 0 Å². The number of hydrogen-bond acceptors (Lipinski definition) is 3. The minimum Gasteiger partial charge on any atom is -0.367 e. The molecule has 6 heteroatoms. The third-order valence-electron chi connectivity index (χ3n) is 2.17. The number of aromatic nitrogens is 3. The molecule has 13 heavy (non-hydrogen) atoms. The highest BCUT2D eigenvalue weighted by atomic mass is 19.3. The summed E-state index contributed by atoms with van der Waals surface area (Å²) in [5.41, 5.74) is 5.28. The lowest BCUT2D eigenvalue weighted by Gasteiger charge is -2.34. The van der Waals surface area contributed by atoms with Crippen molar-refractivity contribution >= 4 is 5.95 Å². The predicted octanol–water partition coefficient (Wildman–Crippen LogP) is 0.906. The first-order valence-corrected chi connectivity index (χ1v) is 4.08. The second-order valence-electron chi connectivity index (χ2n) is 3.46. The molecule has 1 aromatic rings. The Balaban J connectivity index is 1.87. The maximum atomic E-state index is 12.4. The van der Waals surface area contributed by atoms with Gasteiger partial charge in [0, 0.05) is 19.4 Å². The van der Waals surface area contributed by atoms with Gasteiger partial charge in [0.1, 0.15) is 6.33 Å². The molecule has 4 nitrogen and oxygen atoms in total. The van der Waals surface area contributed by atoms with E-state index >= 15 is 0 Å². The molecular weight excluding hydrogens is 178 g/mol. The summed E-state index contributed by atoms with van der Waals surface area (Å²) in [6.07, 6.45) is 1.37. The lowest BCUT2D eigenvalue weighted by molar-refractivity contribution is -0.114. The van der Waals surface area contributed by atoms with Crippen molar-refractivity contribution < 1.29 is 8.78 Å². The van der Waals surface area contributed by atoms with E-state index in [9.17, 15) is 8.78 Å². The van der Waals surface area contributed by atoms with Crippen LogP contribution in [0.1, 0.15) is 12.8 Å². The van der Waals surface area contributed by atoms with Gasteiger partial charge >= 0.3 is 0 Å². The molecule has 0 saturated heterocycles. The van der Waals surface area contributed by atoms with Crippen LogP contribution >= 0.6 is 0 Å². The molecule has 72 valence electrons. The molecule has 0 aromatic carbocycles. The number of alkyl halides is 2. The van der Waals surface area contributed by atoms with Gasteiger partial charge in [-0.3, -0.25) is 4.68 Å². The van der Waals surface area contributed by atoms with E-state index < -0.39 is 5.92 Å². The highest BCUT2D eigenvalue weighted by Crippen LogP contribution is 2.42. The first-order valence-electron chi connectivity index (χ1n) is 4.08. The summed E-state index contributed by atoms with van der Waals surface area (Å²) in [5.74, 6) is -2.27. The van der Waals surface area contributed by atoms with Gasteiger partial charge in [-0.25, -0.2) is 13.8 Å². The van der Waals surface area contributed by atoms with Crippen molar-refractivity contribution in [2.24, 2.45) is 5.92 Å². The minimum atomic E-state index is -2.46. The number of anilines is 1. The van der Waals surface area contributed by atoms with Crippen LogP contribution in [0.2, 0.25) is 0 Å². The van der Waals surface area contributed by atoms with Gasteiger partial charge in [0.2, 0.25) is 11.9 Å². The summed E-state index contributed by atoms with van der Waals surface area (Å²) < 4.78 is 26.4. The molecule has 1 saturated carbocycles. The van der Waals surface area contributed by atoms with Gasteiger partial charge < -0.3 is 5.73 Å². The molecule has 0 bridgehead atoms. The zero-order valence-electron chi connectivity index (χ0n) is 6.95. The highest BCUT2D eigenvalue weighted by Gasteiger charge is 2.45. The Morgan fingerprint density at radius 2 is 2.31 bits per heavy atom. The van der Waals surface area contributed by atoms with Crippen molar-refractivity contribution in [2.45, 2.75) is 25.3 Å². The molecule has 2 rings (SSSR count). The van der Waals surface area contributed by atoms with Crippen LogP contribution in [0.15, 0.2) is 6.33 Å². The monoisotopic (exact) mass is 188 g/mol. The summed E-state index contributed by atoms with van der Waals surface area (Å²) in [4.78, 5) is 3.71. The summed E-state index contributed by atoms with van der Waals surface area (Å²) in [6, 6.07) is 0. The van der Waals surface area contributed by atoms with Gasteiger partial charge in [0.05, 0.1) is 0 Å². The Morgan fingerprint density at radius 1 is 1.62 bits per heavy atom. The van der Waals surface area contributed by atoms with Crippen LogP contribution in [0, 0.1) is 5.92 Å². The van der Waals surface area contributed by atoms with Gasteiger partial charge in [0.25, 0.3) is 0 Å². The van der Waals surface area contributed by atoms with Gasteiger partial charge in [-0.2, -0.15) is 0 Å². The van der Waals surface area contributed by atoms with Crippen molar-refractivity contribution in [1.29, 1.82) is 0 Å². The van der Waals surface area contributed by atoms with Crippen molar-refractivity contribution in [3.63, 3.8) is 0 Å². The van der Waals surface area contributed by atoms with Crippen LogP contribution in [-0.4, -0.2) is 20.7 Å². The molecule has 1 aliphatic rings. The van der Waals surface area contributed by atoms with Crippen LogP contribution in [0.5, 0.6) is 0 Å². The fraction of sp³-hybridized carbons (Fsp3) is 0.714. The molecule has 0 radical (unpaired) electrons. The summed E-state index contributed by atoms with van der Waals surface area (Å²) >= 11 is 0. The Kier molecular flexibility index (Phi) is 1.71. The zero-order chi connectivity index (χ0) is 9.47. The SMILES string of the molecule is Nc1ncn(CC2CC(F)(F)C2)n1. The van der Waals surface area contributed by atoms with Crippen LogP contribution < -0.4 is 5.73 Å². The quantitative estimate of drug-likeness (QED) is 0.750. The first-order chi connectivity index (χ1) is 6.05. The van der Waals surface area contributed by atoms with Gasteiger partial charge in [-0.1, -0.05) is 0 Å². The number of nitrogens with zero attached hydrogens (tertiary/aromatic N) is 3. The molecule has 0 aliphatic heterocycles. The zero-order valence-corrected chi connectivity index (χ0v) is 6.95. The van der Waals surface area contributed by atoms with E-state index in [1.165, 1.54) is 11.0 Å². The molecule has 0 unspecified atom stereocenters. The van der Waals surface area contributed by atoms with Gasteiger partial charge in [-0.05, 0) is 5.92 Å². The average Bonchev–Trinajstić information content (AvgIpc) is 2.31. The Morgan fingerprint density at radius 3 is 2.77 bits per heavy atom. The predicted molar refractivity (Wildman–Crippen MR) is 42.1 cm³/mol. The fourth-order valence-corrected chi connectivity index (χ4v) is 1.58. The first kappa shape index (κ1) is 8.40. The van der Waals surface area contributed by atoms with E-state index in [0.717, 1.165) is 0 Å². The molecule has 0 spiro atoms. The maximum Gasteiger partial charge on any atom is 0.248 e. The third-order valence-corrected chi connectivity index (χ3v) is 2.17. The lowest BCUT2D eigenvalue weighted by Crippen LogP contribution is -2.37. The summed E-state index contributed by atoms with van der Waals surface area (Å²) in [5, 5.41) is 3.82. The van der Waals surface area contributed by atoms with E-state index in [0.29, 0.717) is 6.54 Å². The molecule has 1 aliphatic carbocycles. The number of nitrogen functional groups attached to an aromatic ring is 1. The van der Waals surface area contributed by atoms with Crippen molar-refractivity contribution in [1.82, 2.24) is 14.8 Å². The Bertz CT molecular complexity index is 301. The third kappa shape index (κ3) is 1.76. The van der Waals surface area contributed by atoms with E-state index in [1.54, 1.807) is 0 Å². The van der Waals surface area contributed by atoms with Crippen LogP contribution in [0.4, 0.5) is 14.7 Å². The smallest absolute Gasteiger partial charge is 0.248 e. The molecule has 0 amide bonds. The Hall–Kier alpha value is -1.20. The summed E-state index contributed by atoms with van der Waals surface area (Å²) in [7, 11) is 0. The second kappa shape index (κ2) is 2.65. The minimum absolute atomic E-state index is 0.0103. The van der Waals surface area contributed by atoms with Crippen LogP contribution in [0.3, 0.4) is 0 Å². The normalized spacial score (nSPS) is 21.4. The van der Waals surface area contributed by atoms with Crippen molar-refractivity contribution in [3.8, 4) is 0 Å². The van der Waals surface area contributed by atoms with E-state index in [-0.39, 0.29) is 24.7 Å². The van der Waals surface area contributed by atoms with E-state index in [1.807, 2.05) is 0 Å². The standard InChI is InChI=1S/C7H10F2N4/c8-7(9)1-5(2-7)3-13-4-11-6(10)12-13/h4-5H,1-3H2,(H2,10,12). The molecule has 1 aromatic heterocycles. The van der Waals surface area contributed by atoms with E-state index in [2.05, 4.69) is 10.1 Å². The highest BCUT2D eigenvalue weighted by molar-refractivity contribution is 5.09. The van der Waals surface area contributed by atoms with Crippen molar-refractivity contribution in [3.05, 3.63) is 6.33 Å². The van der Waals surface area contributed by atoms with Crippen LogP contribution in [0.25, 0.3) is 0 Å². The number of rotatable bonds is 2. The molecule has 2 N–H and O–H groups in total. The fourth-order valence-electron chi connectivity index (χ4n) is 1.58. The topological polar surface area (TPSA) is 56.7 Å². The Labute approximate surface area is 73.7 Å². The molecule has 1 fully saturated rings. The number of halogens is 2. The average molecular weight is 188 g/mol. The van der Waals surface area contributed by atoms with E-state index in [4.69, 9.17) is 5.73 Å². The van der Waals surface area contributed by atoms with Crippen molar-refractivity contribution in [2.75, 3.05) is 5.73 Å². The summed E-state index contributed by atoms with van der Waals surface area (Å²) in [6.45, 7) is 0.486. The number of hydrogen-bond donors (Lipinski definition) is 1. The largest absolute Gasteiger partial charge is 0.367 e. The number of nitrogens with two attached hydrogens (primary N) is 1. The molecular formula is C7H10F2N4. The van der Waals surface area contributed by atoms with Crippen LogP contribution in [-0.2, 0) is 6.54 Å². The van der Waals surface area contributed by atoms with Gasteiger partial charge in [-0.15, -0.1) is 5.10 Å². The maximum absolute atomic E-state index is 12.4. The lowest BCUT2D eigenvalue weighted by atomic mass is 9.81. The molecule has 0 atom stereocenters.